The van der Waals surface area contributed by atoms with Crippen molar-refractivity contribution in [2.45, 2.75) is 58.3 Å². The molecule has 0 unspecified atom stereocenters. The van der Waals surface area contributed by atoms with Gasteiger partial charge in [0.1, 0.15) is 5.78 Å². The third-order valence-electron chi connectivity index (χ3n) is 4.94. The van der Waals surface area contributed by atoms with Crippen LogP contribution in [-0.2, 0) is 4.79 Å². The summed E-state index contributed by atoms with van der Waals surface area (Å²) >= 11 is 0. The van der Waals surface area contributed by atoms with Gasteiger partial charge in [0, 0.05) is 12.3 Å². The smallest absolute Gasteiger partial charge is 0.140 e. The highest BCUT2D eigenvalue weighted by Gasteiger charge is 2.29. The number of hydrogen-bond donors (Lipinski definition) is 0. The van der Waals surface area contributed by atoms with Crippen molar-refractivity contribution in [3.63, 3.8) is 0 Å². The Bertz CT molecular complexity index is 602. The Kier molecular flexibility index (Phi) is 7.24. The first-order chi connectivity index (χ1) is 11.7. The van der Waals surface area contributed by atoms with Crippen LogP contribution in [0.5, 0.6) is 0 Å². The van der Waals surface area contributed by atoms with Crippen molar-refractivity contribution in [2.75, 3.05) is 0 Å². The summed E-state index contributed by atoms with van der Waals surface area (Å²) in [6.45, 7) is 6.22. The molecule has 0 N–H and O–H groups in total. The molecule has 3 atom stereocenters. The molecule has 24 heavy (non-hydrogen) atoms. The summed E-state index contributed by atoms with van der Waals surface area (Å²) in [6.07, 6.45) is 4.00. The second kappa shape index (κ2) is 9.42. The number of carbonyl (C=O) groups is 1. The van der Waals surface area contributed by atoms with Crippen LogP contribution >= 0.6 is 0 Å². The highest BCUT2D eigenvalue weighted by atomic mass is 16.1. The first-order valence-electron chi connectivity index (χ1n) is 9.36. The van der Waals surface area contributed by atoms with Crippen LogP contribution in [0.2, 0.25) is 0 Å². The zero-order valence-electron chi connectivity index (χ0n) is 15.2. The van der Waals surface area contributed by atoms with E-state index in [1.165, 1.54) is 17.5 Å². The highest BCUT2D eigenvalue weighted by molar-refractivity contribution is 5.86. The lowest BCUT2D eigenvalue weighted by Gasteiger charge is -2.28. The summed E-state index contributed by atoms with van der Waals surface area (Å²) in [6, 6.07) is 21.0. The number of ketones is 1. The van der Waals surface area contributed by atoms with E-state index >= 15 is 0 Å². The lowest BCUT2D eigenvalue weighted by molar-refractivity contribution is -0.122. The summed E-state index contributed by atoms with van der Waals surface area (Å²) in [5, 5.41) is 0. The summed E-state index contributed by atoms with van der Waals surface area (Å²) in [5.41, 5.74) is 2.56. The lowest BCUT2D eigenvalue weighted by Crippen LogP contribution is -2.21. The van der Waals surface area contributed by atoms with Crippen LogP contribution in [0.4, 0.5) is 0 Å². The third-order valence-corrected chi connectivity index (χ3v) is 4.94. The predicted octanol–water partition coefficient (Wildman–Crippen LogP) is 6.36. The number of Topliss-reactive ketones (excluding diaryl/α,β-unsaturated/α-hetero) is 1. The largest absolute Gasteiger partial charge is 0.299 e. The van der Waals surface area contributed by atoms with Crippen LogP contribution in [0.25, 0.3) is 0 Å². The molecule has 0 heterocycles. The molecule has 0 aromatic heterocycles. The molecule has 0 saturated heterocycles. The van der Waals surface area contributed by atoms with Crippen LogP contribution in [0.15, 0.2) is 60.7 Å². The summed E-state index contributed by atoms with van der Waals surface area (Å²) in [5.74, 6) is 1.44. The fourth-order valence-electron chi connectivity index (χ4n) is 3.64. The van der Waals surface area contributed by atoms with Crippen LogP contribution in [0, 0.1) is 5.92 Å². The van der Waals surface area contributed by atoms with E-state index in [4.69, 9.17) is 0 Å². The normalized spacial score (nSPS) is 24.3. The number of benzene rings is 2. The first-order valence-corrected chi connectivity index (χ1v) is 9.36. The minimum absolute atomic E-state index is 0.0501. The molecule has 2 aromatic carbocycles. The Morgan fingerprint density at radius 1 is 0.792 bits per heavy atom. The molecule has 128 valence electrons. The first kappa shape index (κ1) is 18.4. The molecule has 1 aliphatic rings. The van der Waals surface area contributed by atoms with Gasteiger partial charge in [-0.15, -0.1) is 0 Å². The molecular weight excluding hydrogens is 292 g/mol. The molecule has 1 heteroatoms. The van der Waals surface area contributed by atoms with Gasteiger partial charge in [0.05, 0.1) is 0 Å². The molecule has 1 nitrogen and oxygen atoms in total. The van der Waals surface area contributed by atoms with Crippen molar-refractivity contribution in [1.29, 1.82) is 0 Å². The Morgan fingerprint density at radius 2 is 1.33 bits per heavy atom. The quantitative estimate of drug-likeness (QED) is 0.628. The van der Waals surface area contributed by atoms with E-state index in [-0.39, 0.29) is 5.92 Å². The second-order valence-electron chi connectivity index (χ2n) is 6.66. The van der Waals surface area contributed by atoms with E-state index in [0.29, 0.717) is 17.6 Å². The van der Waals surface area contributed by atoms with E-state index in [2.05, 4.69) is 49.4 Å². The fraction of sp³-hybridized carbons (Fsp3) is 0.435. The van der Waals surface area contributed by atoms with Crippen LogP contribution in [-0.4, -0.2) is 5.78 Å². The van der Waals surface area contributed by atoms with Gasteiger partial charge in [-0.1, -0.05) is 81.4 Å². The molecular formula is C23H30O. The van der Waals surface area contributed by atoms with Gasteiger partial charge in [0.25, 0.3) is 0 Å². The zero-order valence-corrected chi connectivity index (χ0v) is 15.2. The fourth-order valence-corrected chi connectivity index (χ4v) is 3.64. The average Bonchev–Trinajstić information content (AvgIpc) is 2.63. The standard InChI is InChI=1S/C21H24O.C2H6/c1-16-12-13-19(17-8-4-2-5-9-17)15-20(21(22)14-16)18-10-6-3-7-11-18;1-2/h2-11,16,19-20H,12-15H2,1H3;1-2H3/t16-,19+,20-;/m1./s1. The summed E-state index contributed by atoms with van der Waals surface area (Å²) < 4.78 is 0. The van der Waals surface area contributed by atoms with Gasteiger partial charge in [0.15, 0.2) is 0 Å². The molecule has 3 rings (SSSR count). The van der Waals surface area contributed by atoms with E-state index in [1.807, 2.05) is 32.0 Å². The Balaban J connectivity index is 0.00000100. The molecule has 0 aliphatic heterocycles. The van der Waals surface area contributed by atoms with E-state index in [1.54, 1.807) is 0 Å². The van der Waals surface area contributed by atoms with Crippen molar-refractivity contribution in [3.05, 3.63) is 71.8 Å². The maximum absolute atomic E-state index is 12.8. The molecule has 0 radical (unpaired) electrons. The molecule has 0 spiro atoms. The van der Waals surface area contributed by atoms with Gasteiger partial charge in [-0.05, 0) is 42.2 Å². The van der Waals surface area contributed by atoms with E-state index in [0.717, 1.165) is 19.3 Å². The third kappa shape index (κ3) is 4.80. The molecule has 1 aliphatic carbocycles. The Labute approximate surface area is 147 Å². The maximum Gasteiger partial charge on any atom is 0.140 e. The molecule has 1 saturated carbocycles. The van der Waals surface area contributed by atoms with Crippen molar-refractivity contribution in [3.8, 4) is 0 Å². The summed E-state index contributed by atoms with van der Waals surface area (Å²) in [7, 11) is 0. The van der Waals surface area contributed by atoms with Gasteiger partial charge in [-0.25, -0.2) is 0 Å². The van der Waals surface area contributed by atoms with Crippen molar-refractivity contribution >= 4 is 5.78 Å². The topological polar surface area (TPSA) is 17.1 Å². The van der Waals surface area contributed by atoms with Crippen molar-refractivity contribution < 1.29 is 4.79 Å². The number of carbonyl (C=O) groups excluding carboxylic acids is 1. The second-order valence-corrected chi connectivity index (χ2v) is 6.66. The van der Waals surface area contributed by atoms with E-state index < -0.39 is 0 Å². The monoisotopic (exact) mass is 322 g/mol. The van der Waals surface area contributed by atoms with Gasteiger partial charge < -0.3 is 0 Å². The number of hydrogen-bond acceptors (Lipinski definition) is 1. The van der Waals surface area contributed by atoms with Crippen molar-refractivity contribution in [1.82, 2.24) is 0 Å². The number of rotatable bonds is 2. The van der Waals surface area contributed by atoms with Gasteiger partial charge in [-0.2, -0.15) is 0 Å². The van der Waals surface area contributed by atoms with Crippen molar-refractivity contribution in [2.24, 2.45) is 5.92 Å². The van der Waals surface area contributed by atoms with Gasteiger partial charge in [-0.3, -0.25) is 4.79 Å². The van der Waals surface area contributed by atoms with E-state index in [9.17, 15) is 4.79 Å². The highest BCUT2D eigenvalue weighted by Crippen LogP contribution is 2.38. The Morgan fingerprint density at radius 3 is 1.92 bits per heavy atom. The van der Waals surface area contributed by atoms with Gasteiger partial charge in [0.2, 0.25) is 0 Å². The van der Waals surface area contributed by atoms with Crippen LogP contribution in [0.3, 0.4) is 0 Å². The predicted molar refractivity (Wildman–Crippen MR) is 102 cm³/mol. The minimum Gasteiger partial charge on any atom is -0.299 e. The lowest BCUT2D eigenvalue weighted by atomic mass is 9.75. The molecule has 1 fully saturated rings. The summed E-state index contributed by atoms with van der Waals surface area (Å²) in [4.78, 5) is 12.8. The average molecular weight is 322 g/mol. The van der Waals surface area contributed by atoms with Crippen LogP contribution in [0.1, 0.15) is 69.4 Å². The molecule has 2 aromatic rings. The molecule has 0 bridgehead atoms. The minimum atomic E-state index is 0.0501. The SMILES string of the molecule is CC.C[C@@H]1CC[C@H](c2ccccc2)C[C@H](c2ccccc2)C(=O)C1. The molecule has 0 amide bonds. The van der Waals surface area contributed by atoms with Gasteiger partial charge >= 0.3 is 0 Å². The maximum atomic E-state index is 12.8. The van der Waals surface area contributed by atoms with Crippen LogP contribution < -0.4 is 0 Å². The zero-order chi connectivity index (χ0) is 17.4. The Hall–Kier alpha value is -1.89.